The van der Waals surface area contributed by atoms with E-state index >= 15 is 0 Å². The largest absolute Gasteiger partial charge is 0.497 e. The topological polar surface area (TPSA) is 90.7 Å². The number of halogens is 3. The summed E-state index contributed by atoms with van der Waals surface area (Å²) >= 11 is 6.58. The van der Waals surface area contributed by atoms with Crippen molar-refractivity contribution in [2.45, 2.75) is 13.5 Å². The Morgan fingerprint density at radius 3 is 2.48 bits per heavy atom. The van der Waals surface area contributed by atoms with Gasteiger partial charge in [0.25, 0.3) is 0 Å². The molecule has 0 aliphatic heterocycles. The van der Waals surface area contributed by atoms with Crippen LogP contribution >= 0.6 is 31.9 Å². The van der Waals surface area contributed by atoms with Crippen molar-refractivity contribution in [2.24, 2.45) is 0 Å². The number of carbonyl (C=O) groups excluding carboxylic acids is 1. The highest BCUT2D eigenvalue weighted by molar-refractivity contribution is 9.11. The van der Waals surface area contributed by atoms with Gasteiger partial charge in [0.15, 0.2) is 5.78 Å². The van der Waals surface area contributed by atoms with E-state index in [1.807, 2.05) is 0 Å². The summed E-state index contributed by atoms with van der Waals surface area (Å²) in [5.74, 6) is 0.0493. The van der Waals surface area contributed by atoms with Gasteiger partial charge < -0.3 is 14.8 Å². The Hall–Kier alpha value is -2.98. The predicted molar refractivity (Wildman–Crippen MR) is 130 cm³/mol. The molecule has 3 aromatic rings. The molecule has 0 unspecified atom stereocenters. The van der Waals surface area contributed by atoms with Gasteiger partial charge in [0, 0.05) is 28.2 Å². The number of ketones is 1. The lowest BCUT2D eigenvalue weighted by Gasteiger charge is -2.15. The summed E-state index contributed by atoms with van der Waals surface area (Å²) in [4.78, 5) is 24.5. The van der Waals surface area contributed by atoms with E-state index in [9.17, 15) is 19.3 Å². The van der Waals surface area contributed by atoms with E-state index in [4.69, 9.17) is 9.47 Å². The van der Waals surface area contributed by atoms with Gasteiger partial charge in [-0.2, -0.15) is 0 Å². The van der Waals surface area contributed by atoms with E-state index in [0.717, 1.165) is 11.6 Å². The molecule has 7 nitrogen and oxygen atoms in total. The molecular formula is C23H19Br2FN2O5. The Balaban J connectivity index is 2.02. The third-order valence-electron chi connectivity index (χ3n) is 5.01. The van der Waals surface area contributed by atoms with Crippen molar-refractivity contribution in [1.82, 2.24) is 0 Å². The Kier molecular flexibility index (Phi) is 7.70. The fourth-order valence-electron chi connectivity index (χ4n) is 3.29. The fraction of sp³-hybridized carbons (Fsp3) is 0.174. The van der Waals surface area contributed by atoms with Crippen molar-refractivity contribution in [2.75, 3.05) is 19.5 Å². The number of benzene rings is 3. The Morgan fingerprint density at radius 2 is 1.85 bits per heavy atom. The molecule has 0 bridgehead atoms. The van der Waals surface area contributed by atoms with Crippen LogP contribution in [0.1, 0.15) is 27.0 Å². The summed E-state index contributed by atoms with van der Waals surface area (Å²) in [6.07, 6.45) is 0. The summed E-state index contributed by atoms with van der Waals surface area (Å²) in [6.45, 7) is 1.88. The molecular weight excluding hydrogens is 563 g/mol. The second kappa shape index (κ2) is 10.3. The summed E-state index contributed by atoms with van der Waals surface area (Å²) in [7, 11) is 3.06. The van der Waals surface area contributed by atoms with Crippen molar-refractivity contribution in [1.29, 1.82) is 0 Å². The van der Waals surface area contributed by atoms with Gasteiger partial charge in [-0.1, -0.05) is 6.07 Å². The van der Waals surface area contributed by atoms with Gasteiger partial charge in [-0.15, -0.1) is 0 Å². The third kappa shape index (κ3) is 5.17. The van der Waals surface area contributed by atoms with Gasteiger partial charge in [0.2, 0.25) is 0 Å². The maximum absolute atomic E-state index is 13.8. The number of hydrogen-bond acceptors (Lipinski definition) is 6. The summed E-state index contributed by atoms with van der Waals surface area (Å²) in [5.41, 5.74) is 1.32. The molecule has 0 aliphatic rings. The van der Waals surface area contributed by atoms with E-state index in [1.165, 1.54) is 25.3 Å². The highest BCUT2D eigenvalue weighted by Crippen LogP contribution is 2.42. The third-order valence-corrected chi connectivity index (χ3v) is 6.41. The van der Waals surface area contributed by atoms with Crippen molar-refractivity contribution in [3.05, 3.63) is 89.6 Å². The second-order valence-corrected chi connectivity index (χ2v) is 8.67. The van der Waals surface area contributed by atoms with Crippen molar-refractivity contribution >= 4 is 49.0 Å². The quantitative estimate of drug-likeness (QED) is 0.187. The van der Waals surface area contributed by atoms with Gasteiger partial charge in [-0.25, -0.2) is 4.39 Å². The SMILES string of the molecule is COc1ccc(CNc2cc(Br)c(C(=O)c3cc(F)ccc3C)c(Br)c2[N+](=O)[O-])c(OC)c1. The number of rotatable bonds is 8. The molecule has 0 aromatic heterocycles. The van der Waals surface area contributed by atoms with Crippen LogP contribution in [0, 0.1) is 22.9 Å². The normalized spacial score (nSPS) is 10.6. The molecule has 172 valence electrons. The van der Waals surface area contributed by atoms with Crippen molar-refractivity contribution < 1.29 is 23.6 Å². The number of anilines is 1. The minimum absolute atomic E-state index is 0.0141. The van der Waals surface area contributed by atoms with Gasteiger partial charge >= 0.3 is 5.69 Å². The van der Waals surface area contributed by atoms with Crippen LogP contribution in [-0.2, 0) is 6.54 Å². The number of hydrogen-bond donors (Lipinski definition) is 1. The van der Waals surface area contributed by atoms with Gasteiger partial charge in [-0.3, -0.25) is 14.9 Å². The van der Waals surface area contributed by atoms with Crippen LogP contribution in [0.15, 0.2) is 51.4 Å². The number of ether oxygens (including phenoxy) is 2. The van der Waals surface area contributed by atoms with Crippen LogP contribution in [0.3, 0.4) is 0 Å². The molecule has 3 rings (SSSR count). The molecule has 0 heterocycles. The maximum Gasteiger partial charge on any atom is 0.307 e. The molecule has 0 fully saturated rings. The average Bonchev–Trinajstić information content (AvgIpc) is 2.78. The monoisotopic (exact) mass is 580 g/mol. The van der Waals surface area contributed by atoms with Gasteiger partial charge in [0.1, 0.15) is 27.5 Å². The second-order valence-electron chi connectivity index (χ2n) is 7.02. The zero-order valence-corrected chi connectivity index (χ0v) is 21.0. The van der Waals surface area contributed by atoms with E-state index in [2.05, 4.69) is 37.2 Å². The fourth-order valence-corrected chi connectivity index (χ4v) is 4.92. The Bertz CT molecular complexity index is 1250. The summed E-state index contributed by atoms with van der Waals surface area (Å²) in [6, 6.07) is 10.6. The number of aryl methyl sites for hydroxylation is 1. The minimum Gasteiger partial charge on any atom is -0.497 e. The number of nitro benzene ring substituents is 1. The van der Waals surface area contributed by atoms with Crippen LogP contribution in [0.25, 0.3) is 0 Å². The molecule has 33 heavy (non-hydrogen) atoms. The Labute approximate surface area is 206 Å². The molecule has 1 N–H and O–H groups in total. The number of nitro groups is 1. The van der Waals surface area contributed by atoms with E-state index < -0.39 is 16.5 Å². The van der Waals surface area contributed by atoms with Gasteiger partial charge in [-0.05, 0) is 74.7 Å². The molecule has 0 radical (unpaired) electrons. The summed E-state index contributed by atoms with van der Waals surface area (Å²) in [5, 5.41) is 14.9. The van der Waals surface area contributed by atoms with Crippen LogP contribution in [0.5, 0.6) is 11.5 Å². The lowest BCUT2D eigenvalue weighted by molar-refractivity contribution is -0.384. The average molecular weight is 582 g/mol. The Morgan fingerprint density at radius 1 is 1.12 bits per heavy atom. The standard InChI is InChI=1S/C23H19Br2FN2O5/c1-12-4-6-14(26)8-16(12)23(29)20-17(24)10-18(22(21(20)25)28(30)31)27-11-13-5-7-15(32-2)9-19(13)33-3/h4-10,27H,11H2,1-3H3. The molecule has 0 saturated heterocycles. The number of carbonyl (C=O) groups is 1. The van der Waals surface area contributed by atoms with Gasteiger partial charge in [0.05, 0.1) is 24.7 Å². The molecule has 3 aromatic carbocycles. The van der Waals surface area contributed by atoms with E-state index in [1.54, 1.807) is 32.2 Å². The first-order chi connectivity index (χ1) is 15.7. The molecule has 0 aliphatic carbocycles. The zero-order valence-electron chi connectivity index (χ0n) is 17.9. The van der Waals surface area contributed by atoms with E-state index in [-0.39, 0.29) is 33.5 Å². The van der Waals surface area contributed by atoms with E-state index in [0.29, 0.717) is 21.5 Å². The highest BCUT2D eigenvalue weighted by atomic mass is 79.9. The number of nitrogens with zero attached hydrogens (tertiary/aromatic N) is 1. The minimum atomic E-state index is -0.584. The maximum atomic E-state index is 13.8. The van der Waals surface area contributed by atoms with Crippen LogP contribution < -0.4 is 14.8 Å². The predicted octanol–water partition coefficient (Wildman–Crippen LogP) is 6.43. The summed E-state index contributed by atoms with van der Waals surface area (Å²) < 4.78 is 24.6. The molecule has 10 heteroatoms. The van der Waals surface area contributed by atoms with Crippen LogP contribution in [0.2, 0.25) is 0 Å². The zero-order chi connectivity index (χ0) is 24.3. The highest BCUT2D eigenvalue weighted by Gasteiger charge is 2.29. The molecule has 0 amide bonds. The first-order valence-corrected chi connectivity index (χ1v) is 11.2. The smallest absolute Gasteiger partial charge is 0.307 e. The number of methoxy groups -OCH3 is 2. The van der Waals surface area contributed by atoms with Crippen molar-refractivity contribution in [3.8, 4) is 11.5 Å². The van der Waals surface area contributed by atoms with Crippen LogP contribution in [0.4, 0.5) is 15.8 Å². The lowest BCUT2D eigenvalue weighted by atomic mass is 9.98. The first-order valence-electron chi connectivity index (χ1n) is 9.60. The molecule has 0 spiro atoms. The van der Waals surface area contributed by atoms with Crippen LogP contribution in [-0.4, -0.2) is 24.9 Å². The molecule has 0 atom stereocenters. The first kappa shape index (κ1) is 24.7. The lowest BCUT2D eigenvalue weighted by Crippen LogP contribution is -2.10. The van der Waals surface area contributed by atoms with Crippen molar-refractivity contribution in [3.63, 3.8) is 0 Å². The number of nitrogens with one attached hydrogen (secondary N) is 1. The molecule has 0 saturated carbocycles.